The van der Waals surface area contributed by atoms with Crippen molar-refractivity contribution in [2.45, 2.75) is 111 Å². The van der Waals surface area contributed by atoms with Gasteiger partial charge in [-0.25, -0.2) is 9.59 Å². The van der Waals surface area contributed by atoms with Crippen LogP contribution < -0.4 is 4.74 Å². The number of rotatable bonds is 11. The van der Waals surface area contributed by atoms with E-state index >= 15 is 0 Å². The van der Waals surface area contributed by atoms with Gasteiger partial charge in [-0.1, -0.05) is 83.1 Å². The summed E-state index contributed by atoms with van der Waals surface area (Å²) in [5.41, 5.74) is 0.0432. The molecule has 0 aliphatic carbocycles. The van der Waals surface area contributed by atoms with Crippen molar-refractivity contribution in [3.05, 3.63) is 63.2 Å². The molecule has 4 N–H and O–H groups in total. The molecule has 1 atom stereocenters. The van der Waals surface area contributed by atoms with Gasteiger partial charge in [0.25, 0.3) is 0 Å². The van der Waals surface area contributed by atoms with Crippen LogP contribution in [0.15, 0.2) is 24.3 Å². The van der Waals surface area contributed by atoms with Gasteiger partial charge in [0, 0.05) is 16.7 Å². The van der Waals surface area contributed by atoms with Crippen LogP contribution in [0.4, 0.5) is 0 Å². The van der Waals surface area contributed by atoms with E-state index < -0.39 is 73.5 Å². The Balaban J connectivity index is 3.35. The molecule has 10 nitrogen and oxygen atoms in total. The number of methoxy groups -OCH3 is 2. The summed E-state index contributed by atoms with van der Waals surface area (Å²) in [6, 6.07) is 6.96. The van der Waals surface area contributed by atoms with Crippen LogP contribution in [0, 0.1) is 5.41 Å². The molecule has 0 aliphatic rings. The predicted octanol–water partition coefficient (Wildman–Crippen LogP) is 6.77. The maximum atomic E-state index is 13.0. The highest BCUT2D eigenvalue weighted by Crippen LogP contribution is 2.51. The van der Waals surface area contributed by atoms with E-state index in [1.807, 2.05) is 83.1 Å². The van der Waals surface area contributed by atoms with Crippen LogP contribution in [0.3, 0.4) is 0 Å². The standard InChI is InChI=1S/C37H57O10P/c1-33(2,3)24-15-22(31(40)44-13)16-25(34(4,5)6)28(24)30(37(19-38,20-39)21-46-48(42)43)47-29-26(35(7,8)9)17-23(32(41)45-14)18-27(29)36(10,11)12/h15-18,30,38-39,42-43H,19-21H2,1-14H3. The van der Waals surface area contributed by atoms with Crippen molar-refractivity contribution in [1.29, 1.82) is 0 Å². The quantitative estimate of drug-likeness (QED) is 0.147. The van der Waals surface area contributed by atoms with Gasteiger partial charge in [0.1, 0.15) is 11.9 Å². The van der Waals surface area contributed by atoms with Crippen LogP contribution in [-0.2, 0) is 35.7 Å². The van der Waals surface area contributed by atoms with Crippen molar-refractivity contribution in [1.82, 2.24) is 0 Å². The van der Waals surface area contributed by atoms with Gasteiger partial charge in [0.2, 0.25) is 0 Å². The first-order valence-electron chi connectivity index (χ1n) is 16.0. The molecule has 0 aromatic heterocycles. The lowest BCUT2D eigenvalue weighted by Crippen LogP contribution is -2.45. The molecule has 0 bridgehead atoms. The van der Waals surface area contributed by atoms with E-state index in [-0.39, 0.29) is 0 Å². The first-order chi connectivity index (χ1) is 21.8. The van der Waals surface area contributed by atoms with Gasteiger partial charge in [0.15, 0.2) is 0 Å². The lowest BCUT2D eigenvalue weighted by atomic mass is 9.68. The minimum atomic E-state index is -2.86. The van der Waals surface area contributed by atoms with E-state index in [9.17, 15) is 29.6 Å². The third kappa shape index (κ3) is 9.34. The highest BCUT2D eigenvalue weighted by Gasteiger charge is 2.47. The monoisotopic (exact) mass is 692 g/mol. The van der Waals surface area contributed by atoms with Gasteiger partial charge >= 0.3 is 20.5 Å². The Labute approximate surface area is 287 Å². The van der Waals surface area contributed by atoms with Crippen LogP contribution in [0.25, 0.3) is 0 Å². The molecule has 1 unspecified atom stereocenters. The molecule has 0 saturated carbocycles. The number of carbonyl (C=O) groups is 2. The number of aliphatic hydroxyl groups excluding tert-OH is 2. The largest absolute Gasteiger partial charge is 0.484 e. The number of aliphatic hydroxyl groups is 2. The van der Waals surface area contributed by atoms with Crippen molar-refractivity contribution in [3.8, 4) is 5.75 Å². The molecule has 270 valence electrons. The van der Waals surface area contributed by atoms with E-state index in [4.69, 9.17) is 18.7 Å². The van der Waals surface area contributed by atoms with E-state index in [0.717, 1.165) is 0 Å². The van der Waals surface area contributed by atoms with E-state index in [2.05, 4.69) is 0 Å². The minimum absolute atomic E-state index is 0.326. The molecular weight excluding hydrogens is 635 g/mol. The third-order valence-electron chi connectivity index (χ3n) is 8.49. The van der Waals surface area contributed by atoms with Crippen LogP contribution in [-0.4, -0.2) is 66.0 Å². The van der Waals surface area contributed by atoms with Gasteiger partial charge in [-0.2, -0.15) is 0 Å². The highest BCUT2D eigenvalue weighted by molar-refractivity contribution is 7.39. The molecular formula is C37H57O10P. The number of ether oxygens (including phenoxy) is 3. The average molecular weight is 693 g/mol. The van der Waals surface area contributed by atoms with Crippen molar-refractivity contribution in [2.24, 2.45) is 5.41 Å². The Kier molecular flexibility index (Phi) is 13.1. The first kappa shape index (κ1) is 41.6. The molecule has 0 spiro atoms. The smallest absolute Gasteiger partial charge is 0.337 e. The van der Waals surface area contributed by atoms with Gasteiger partial charge in [0.05, 0.1) is 50.6 Å². The average Bonchev–Trinajstić information content (AvgIpc) is 2.97. The topological polar surface area (TPSA) is 152 Å². The normalized spacial score (nSPS) is 13.8. The SMILES string of the molecule is COC(=O)c1cc(C(C)(C)C)c(OC(c2c(C(C)(C)C)cc(C(=O)OC)cc2C(C)(C)C)C(CO)(CO)COP(O)O)c(C(C)(C)C)c1. The molecule has 0 saturated heterocycles. The molecule has 0 aliphatic heterocycles. The zero-order valence-corrected chi connectivity index (χ0v) is 32.1. The second kappa shape index (κ2) is 15.1. The fourth-order valence-corrected chi connectivity index (χ4v) is 6.07. The lowest BCUT2D eigenvalue weighted by molar-refractivity contribution is -0.0718. The number of esters is 2. The minimum Gasteiger partial charge on any atom is -0.484 e. The fourth-order valence-electron chi connectivity index (χ4n) is 5.70. The molecule has 0 heterocycles. The maximum absolute atomic E-state index is 13.0. The van der Waals surface area contributed by atoms with Crippen molar-refractivity contribution in [3.63, 3.8) is 0 Å². The molecule has 0 amide bonds. The fraction of sp³-hybridized carbons (Fsp3) is 0.622. The Morgan fingerprint density at radius 2 is 0.979 bits per heavy atom. The summed E-state index contributed by atoms with van der Waals surface area (Å²) in [5, 5.41) is 22.3. The first-order valence-corrected chi connectivity index (χ1v) is 17.2. The summed E-state index contributed by atoms with van der Waals surface area (Å²) < 4.78 is 22.8. The maximum Gasteiger partial charge on any atom is 0.337 e. The summed E-state index contributed by atoms with van der Waals surface area (Å²) in [5.74, 6) is -0.597. The molecule has 2 rings (SSSR count). The molecule has 2 aromatic carbocycles. The zero-order chi connectivity index (χ0) is 37.2. The Morgan fingerprint density at radius 3 is 1.25 bits per heavy atom. The highest BCUT2D eigenvalue weighted by atomic mass is 31.2. The molecule has 11 heteroatoms. The molecule has 48 heavy (non-hydrogen) atoms. The van der Waals surface area contributed by atoms with Crippen LogP contribution in [0.1, 0.15) is 138 Å². The second-order valence-corrected chi connectivity index (χ2v) is 17.3. The summed E-state index contributed by atoms with van der Waals surface area (Å²) in [6.07, 6.45) is -1.18. The predicted molar refractivity (Wildman–Crippen MR) is 188 cm³/mol. The molecule has 0 radical (unpaired) electrons. The second-order valence-electron chi connectivity index (χ2n) is 16.6. The number of hydrogen-bond acceptors (Lipinski definition) is 10. The summed E-state index contributed by atoms with van der Waals surface area (Å²) in [7, 11) is -0.218. The zero-order valence-electron chi connectivity index (χ0n) is 31.2. The van der Waals surface area contributed by atoms with E-state index in [1.54, 1.807) is 24.3 Å². The van der Waals surface area contributed by atoms with Gasteiger partial charge < -0.3 is 38.7 Å². The van der Waals surface area contributed by atoms with Gasteiger partial charge in [-0.15, -0.1) is 0 Å². The van der Waals surface area contributed by atoms with Crippen molar-refractivity contribution in [2.75, 3.05) is 34.0 Å². The van der Waals surface area contributed by atoms with Crippen LogP contribution >= 0.6 is 8.60 Å². The lowest BCUT2D eigenvalue weighted by Gasteiger charge is -2.44. The molecule has 0 fully saturated rings. The van der Waals surface area contributed by atoms with Gasteiger partial charge in [-0.3, -0.25) is 0 Å². The Morgan fingerprint density at radius 1 is 0.646 bits per heavy atom. The summed E-state index contributed by atoms with van der Waals surface area (Å²) >= 11 is 0. The van der Waals surface area contributed by atoms with Crippen LogP contribution in [0.5, 0.6) is 5.75 Å². The van der Waals surface area contributed by atoms with Crippen LogP contribution in [0.2, 0.25) is 0 Å². The van der Waals surface area contributed by atoms with Crippen molar-refractivity contribution >= 4 is 20.5 Å². The number of carbonyl (C=O) groups excluding carboxylic acids is 2. The van der Waals surface area contributed by atoms with Gasteiger partial charge in [-0.05, 0) is 57.1 Å². The Hall–Kier alpha value is -2.59. The summed E-state index contributed by atoms with van der Waals surface area (Å²) in [6.45, 7) is 22.0. The summed E-state index contributed by atoms with van der Waals surface area (Å²) in [4.78, 5) is 45.6. The molecule has 2 aromatic rings. The van der Waals surface area contributed by atoms with Crippen molar-refractivity contribution < 1.29 is 48.3 Å². The number of hydrogen-bond donors (Lipinski definition) is 4. The van der Waals surface area contributed by atoms with E-state index in [0.29, 0.717) is 44.7 Å². The number of benzene rings is 2. The Bertz CT molecular complexity index is 1380. The van der Waals surface area contributed by atoms with E-state index in [1.165, 1.54) is 14.2 Å². The third-order valence-corrected chi connectivity index (χ3v) is 8.85.